The molecule has 2 fully saturated rings. The normalized spacial score (nSPS) is 28.7. The van der Waals surface area contributed by atoms with Crippen molar-refractivity contribution >= 4 is 39.6 Å². The van der Waals surface area contributed by atoms with Crippen LogP contribution >= 0.6 is 0 Å². The zero-order valence-corrected chi connectivity index (χ0v) is 20.0. The molecule has 6 heteroatoms. The fourth-order valence-corrected chi connectivity index (χ4v) is 8.29. The van der Waals surface area contributed by atoms with Crippen LogP contribution in [0, 0.1) is 11.8 Å². The molecule has 1 aliphatic heterocycles. The first-order valence-electron chi connectivity index (χ1n) is 9.68. The summed E-state index contributed by atoms with van der Waals surface area (Å²) in [6, 6.07) is 10.2. The summed E-state index contributed by atoms with van der Waals surface area (Å²) in [7, 11) is -0.184. The average molecular weight is 453 g/mol. The Morgan fingerprint density at radius 3 is 2.44 bits per heavy atom. The number of fused-ring (bicyclic) bond motifs is 1. The van der Waals surface area contributed by atoms with E-state index in [-0.39, 0.29) is 43.6 Å². The summed E-state index contributed by atoms with van der Waals surface area (Å²) in [5, 5.41) is 0.166. The molecule has 1 saturated carbocycles. The van der Waals surface area contributed by atoms with Gasteiger partial charge in [-0.2, -0.15) is 0 Å². The molecule has 0 radical (unpaired) electrons. The van der Waals surface area contributed by atoms with Gasteiger partial charge in [0.1, 0.15) is 0 Å². The summed E-state index contributed by atoms with van der Waals surface area (Å²) in [6.45, 7) is 11.9. The fraction of sp³-hybridized carbons (Fsp3) is 0.619. The van der Waals surface area contributed by atoms with Crippen molar-refractivity contribution in [2.75, 3.05) is 13.7 Å². The van der Waals surface area contributed by atoms with E-state index in [2.05, 4.69) is 46.0 Å². The molecule has 3 atom stereocenters. The average Bonchev–Trinajstić information content (AvgIpc) is 3.04. The van der Waals surface area contributed by atoms with Crippen molar-refractivity contribution in [3.63, 3.8) is 0 Å². The van der Waals surface area contributed by atoms with Gasteiger partial charge >= 0.3 is 170 Å². The number of likely N-dealkylation sites (tertiary alicyclic amines) is 1. The molecule has 0 N–H and O–H groups in total. The Morgan fingerprint density at radius 2 is 1.85 bits per heavy atom. The van der Waals surface area contributed by atoms with Crippen LogP contribution in [0.1, 0.15) is 33.6 Å². The second-order valence-electron chi connectivity index (χ2n) is 9.44. The third kappa shape index (κ3) is 3.69. The van der Waals surface area contributed by atoms with Gasteiger partial charge in [0.05, 0.1) is 0 Å². The van der Waals surface area contributed by atoms with Crippen molar-refractivity contribution in [2.45, 2.75) is 56.1 Å². The summed E-state index contributed by atoms with van der Waals surface area (Å²) < 4.78 is 7.11. The second kappa shape index (κ2) is 7.14. The van der Waals surface area contributed by atoms with E-state index in [9.17, 15) is 9.59 Å². The molecule has 2 amide bonds. The molecular formula is C21H31NO3SeSi. The molecule has 1 saturated heterocycles. The summed E-state index contributed by atoms with van der Waals surface area (Å²) in [5.74, 6) is 0.142. The minimum absolute atomic E-state index is 0.00707. The van der Waals surface area contributed by atoms with Crippen LogP contribution in [0.2, 0.25) is 22.4 Å². The van der Waals surface area contributed by atoms with E-state index in [4.69, 9.17) is 4.43 Å². The van der Waals surface area contributed by atoms with Crippen LogP contribution in [0.5, 0.6) is 0 Å². The molecule has 27 heavy (non-hydrogen) atoms. The number of carbonyl (C=O) groups is 2. The van der Waals surface area contributed by atoms with Gasteiger partial charge in [-0.25, -0.2) is 0 Å². The summed E-state index contributed by atoms with van der Waals surface area (Å²) in [4.78, 5) is 27.3. The van der Waals surface area contributed by atoms with Crippen LogP contribution in [-0.2, 0) is 14.0 Å². The van der Waals surface area contributed by atoms with Crippen LogP contribution in [0.4, 0.5) is 0 Å². The van der Waals surface area contributed by atoms with Gasteiger partial charge in [-0.1, -0.05) is 0 Å². The number of hydrogen-bond acceptors (Lipinski definition) is 3. The number of carbonyl (C=O) groups excluding carboxylic acids is 2. The van der Waals surface area contributed by atoms with Crippen LogP contribution in [0.25, 0.3) is 0 Å². The fourth-order valence-electron chi connectivity index (χ4n) is 3.86. The quantitative estimate of drug-likeness (QED) is 0.509. The van der Waals surface area contributed by atoms with E-state index in [0.717, 1.165) is 12.8 Å². The van der Waals surface area contributed by atoms with Crippen LogP contribution < -0.4 is 4.46 Å². The van der Waals surface area contributed by atoms with E-state index in [0.29, 0.717) is 6.61 Å². The molecule has 148 valence electrons. The molecule has 0 bridgehead atoms. The predicted octanol–water partition coefficient (Wildman–Crippen LogP) is 3.22. The van der Waals surface area contributed by atoms with Crippen LogP contribution in [-0.4, -0.2) is 53.6 Å². The number of nitrogens with zero attached hydrogens (tertiary/aromatic N) is 1. The third-order valence-electron chi connectivity index (χ3n) is 6.55. The maximum atomic E-state index is 13.1. The Hall–Kier alpha value is -0.944. The SMILES string of the molecule is CN1C(=O)[C@@H]2C[C@@H](CO[Si](C)(C)C(C)(C)C)C[C@]2([Se]c2ccccc2)C1=O. The van der Waals surface area contributed by atoms with Gasteiger partial charge in [-0.15, -0.1) is 0 Å². The molecule has 1 aliphatic carbocycles. The van der Waals surface area contributed by atoms with Crippen molar-refractivity contribution in [1.29, 1.82) is 0 Å². The zero-order valence-electron chi connectivity index (χ0n) is 17.2. The van der Waals surface area contributed by atoms with Crippen LogP contribution in [0.3, 0.4) is 0 Å². The maximum absolute atomic E-state index is 13.1. The van der Waals surface area contributed by atoms with Gasteiger partial charge in [0.2, 0.25) is 0 Å². The van der Waals surface area contributed by atoms with E-state index >= 15 is 0 Å². The topological polar surface area (TPSA) is 46.6 Å². The van der Waals surface area contributed by atoms with Crippen molar-refractivity contribution in [3.8, 4) is 0 Å². The summed E-state index contributed by atoms with van der Waals surface area (Å²) >= 11 is -0.0534. The number of hydrogen-bond donors (Lipinski definition) is 0. The standard InChI is InChI=1S/C21H31NO3SeSi/c1-20(2,3)27(5,6)25-14-15-12-17-18(23)22(4)19(24)21(17,13-15)26-16-10-8-7-9-11-16/h7-11,15,17H,12-14H2,1-6H3/t15-,17+,21-/m1/s1. The predicted molar refractivity (Wildman–Crippen MR) is 112 cm³/mol. The van der Waals surface area contributed by atoms with Gasteiger partial charge in [-0.05, 0) is 0 Å². The molecule has 1 heterocycles. The summed E-state index contributed by atoms with van der Waals surface area (Å²) in [6.07, 6.45) is 1.55. The Balaban J connectivity index is 1.80. The van der Waals surface area contributed by atoms with E-state index in [1.165, 1.54) is 9.36 Å². The van der Waals surface area contributed by atoms with Gasteiger partial charge in [-0.3, -0.25) is 0 Å². The Labute approximate surface area is 170 Å². The zero-order chi connectivity index (χ0) is 20.0. The molecule has 2 aliphatic rings. The number of amides is 2. The van der Waals surface area contributed by atoms with E-state index in [1.807, 2.05) is 18.2 Å². The molecule has 1 aromatic rings. The van der Waals surface area contributed by atoms with Gasteiger partial charge in [0, 0.05) is 0 Å². The monoisotopic (exact) mass is 453 g/mol. The number of imide groups is 1. The molecule has 0 aromatic heterocycles. The first-order valence-corrected chi connectivity index (χ1v) is 14.3. The van der Waals surface area contributed by atoms with Crippen molar-refractivity contribution in [2.24, 2.45) is 11.8 Å². The van der Waals surface area contributed by atoms with Gasteiger partial charge in [0.15, 0.2) is 0 Å². The minimum atomic E-state index is -1.83. The van der Waals surface area contributed by atoms with Crippen LogP contribution in [0.15, 0.2) is 30.3 Å². The number of rotatable bonds is 5. The molecule has 0 unspecified atom stereocenters. The van der Waals surface area contributed by atoms with Crippen molar-refractivity contribution in [1.82, 2.24) is 4.90 Å². The first-order chi connectivity index (χ1) is 12.5. The number of benzene rings is 1. The Bertz CT molecular complexity index is 731. The van der Waals surface area contributed by atoms with Crippen molar-refractivity contribution < 1.29 is 14.0 Å². The van der Waals surface area contributed by atoms with E-state index < -0.39 is 12.6 Å². The molecule has 4 nitrogen and oxygen atoms in total. The Kier molecular flexibility index (Phi) is 5.50. The first kappa shape index (κ1) is 20.8. The van der Waals surface area contributed by atoms with E-state index in [1.54, 1.807) is 7.05 Å². The summed E-state index contributed by atoms with van der Waals surface area (Å²) in [5.41, 5.74) is 0. The van der Waals surface area contributed by atoms with Crippen molar-refractivity contribution in [3.05, 3.63) is 30.3 Å². The van der Waals surface area contributed by atoms with Gasteiger partial charge in [0.25, 0.3) is 0 Å². The molecule has 0 spiro atoms. The molecular weight excluding hydrogens is 421 g/mol. The second-order valence-corrected chi connectivity index (χ2v) is 17.2. The molecule has 3 rings (SSSR count). The third-order valence-corrected chi connectivity index (χ3v) is 14.2. The molecule has 1 aromatic carbocycles. The van der Waals surface area contributed by atoms with Gasteiger partial charge < -0.3 is 0 Å². The Morgan fingerprint density at radius 1 is 1.22 bits per heavy atom.